The lowest BCUT2D eigenvalue weighted by atomic mass is 10.1. The summed E-state index contributed by atoms with van der Waals surface area (Å²) >= 11 is 0. The second kappa shape index (κ2) is 8.70. The van der Waals surface area contributed by atoms with Gasteiger partial charge in [0.1, 0.15) is 5.82 Å². The van der Waals surface area contributed by atoms with Gasteiger partial charge in [0.05, 0.1) is 12.6 Å². The number of guanidine groups is 1. The van der Waals surface area contributed by atoms with Crippen molar-refractivity contribution in [2.45, 2.75) is 45.5 Å². The van der Waals surface area contributed by atoms with Gasteiger partial charge in [-0.25, -0.2) is 4.39 Å². The molecule has 4 nitrogen and oxygen atoms in total. The monoisotopic (exact) mass is 374 g/mol. The number of halogens is 4. The van der Waals surface area contributed by atoms with Gasteiger partial charge in [0, 0.05) is 25.7 Å². The Balaban J connectivity index is 1.95. The van der Waals surface area contributed by atoms with E-state index in [4.69, 9.17) is 0 Å². The molecule has 0 radical (unpaired) electrons. The highest BCUT2D eigenvalue weighted by Crippen LogP contribution is 2.20. The molecule has 0 saturated carbocycles. The quantitative estimate of drug-likeness (QED) is 0.472. The fraction of sp³-hybridized carbons (Fsp3) is 0.611. The van der Waals surface area contributed by atoms with Crippen molar-refractivity contribution in [2.24, 2.45) is 4.99 Å². The Kier molecular flexibility index (Phi) is 6.86. The van der Waals surface area contributed by atoms with E-state index in [1.54, 1.807) is 13.0 Å². The molecule has 26 heavy (non-hydrogen) atoms. The predicted molar refractivity (Wildman–Crippen MR) is 94.7 cm³/mol. The van der Waals surface area contributed by atoms with Crippen LogP contribution in [0.25, 0.3) is 0 Å². The van der Waals surface area contributed by atoms with Crippen molar-refractivity contribution in [3.63, 3.8) is 0 Å². The molecule has 0 aliphatic carbocycles. The summed E-state index contributed by atoms with van der Waals surface area (Å²) in [4.78, 5) is 5.74. The smallest absolute Gasteiger partial charge is 0.352 e. The second-order valence-corrected chi connectivity index (χ2v) is 6.68. The lowest BCUT2D eigenvalue weighted by molar-refractivity contribution is -0.143. The fourth-order valence-electron chi connectivity index (χ4n) is 3.00. The van der Waals surface area contributed by atoms with Crippen molar-refractivity contribution in [1.29, 1.82) is 0 Å². The first-order valence-electron chi connectivity index (χ1n) is 8.80. The Morgan fingerprint density at radius 2 is 2.12 bits per heavy atom. The second-order valence-electron chi connectivity index (χ2n) is 6.68. The van der Waals surface area contributed by atoms with Crippen LogP contribution in [0.2, 0.25) is 0 Å². The van der Waals surface area contributed by atoms with Gasteiger partial charge in [0.15, 0.2) is 5.96 Å². The average molecular weight is 374 g/mol. The van der Waals surface area contributed by atoms with Crippen LogP contribution in [0.3, 0.4) is 0 Å². The zero-order chi connectivity index (χ0) is 19.3. The van der Waals surface area contributed by atoms with Crippen molar-refractivity contribution >= 4 is 5.96 Å². The first kappa shape index (κ1) is 20.5. The van der Waals surface area contributed by atoms with E-state index in [-0.39, 0.29) is 17.9 Å². The van der Waals surface area contributed by atoms with Gasteiger partial charge in [-0.2, -0.15) is 13.2 Å². The molecular formula is C18H26F4N4. The average Bonchev–Trinajstić information content (AvgIpc) is 2.95. The molecule has 0 bridgehead atoms. The molecule has 1 heterocycles. The van der Waals surface area contributed by atoms with Gasteiger partial charge in [-0.1, -0.05) is 12.1 Å². The maximum Gasteiger partial charge on any atom is 0.401 e. The van der Waals surface area contributed by atoms with E-state index in [0.29, 0.717) is 37.6 Å². The van der Waals surface area contributed by atoms with Gasteiger partial charge >= 0.3 is 6.18 Å². The SMILES string of the molecule is CCN=C(NC1CCN(CC(F)(F)F)C1)NC(C)c1ccc(C)c(F)c1. The Bertz CT molecular complexity index is 630. The van der Waals surface area contributed by atoms with Gasteiger partial charge in [-0.05, 0) is 44.4 Å². The molecule has 1 saturated heterocycles. The topological polar surface area (TPSA) is 39.7 Å². The summed E-state index contributed by atoms with van der Waals surface area (Å²) in [6.07, 6.45) is -3.56. The molecule has 1 fully saturated rings. The largest absolute Gasteiger partial charge is 0.401 e. The zero-order valence-corrected chi connectivity index (χ0v) is 15.3. The van der Waals surface area contributed by atoms with Gasteiger partial charge in [-0.3, -0.25) is 9.89 Å². The van der Waals surface area contributed by atoms with E-state index >= 15 is 0 Å². The molecule has 1 aliphatic rings. The zero-order valence-electron chi connectivity index (χ0n) is 15.3. The number of nitrogens with one attached hydrogen (secondary N) is 2. The summed E-state index contributed by atoms with van der Waals surface area (Å²) in [6, 6.07) is 4.77. The number of nitrogens with zero attached hydrogens (tertiary/aromatic N) is 2. The molecule has 1 aliphatic heterocycles. The number of likely N-dealkylation sites (tertiary alicyclic amines) is 1. The van der Waals surface area contributed by atoms with Crippen LogP contribution >= 0.6 is 0 Å². The summed E-state index contributed by atoms with van der Waals surface area (Å²) < 4.78 is 51.3. The third-order valence-electron chi connectivity index (χ3n) is 4.38. The van der Waals surface area contributed by atoms with E-state index in [2.05, 4.69) is 15.6 Å². The van der Waals surface area contributed by atoms with E-state index in [9.17, 15) is 17.6 Å². The first-order chi connectivity index (χ1) is 12.2. The number of aliphatic imine (C=N–C) groups is 1. The Morgan fingerprint density at radius 1 is 1.38 bits per heavy atom. The number of aryl methyl sites for hydroxylation is 1. The van der Waals surface area contributed by atoms with Gasteiger partial charge < -0.3 is 10.6 Å². The number of alkyl halides is 3. The lowest BCUT2D eigenvalue weighted by Gasteiger charge is -2.22. The van der Waals surface area contributed by atoms with E-state index < -0.39 is 12.7 Å². The van der Waals surface area contributed by atoms with Crippen LogP contribution in [0.4, 0.5) is 17.6 Å². The number of hydrogen-bond donors (Lipinski definition) is 2. The van der Waals surface area contributed by atoms with Gasteiger partial charge in [0.2, 0.25) is 0 Å². The van der Waals surface area contributed by atoms with Crippen LogP contribution in [-0.2, 0) is 0 Å². The van der Waals surface area contributed by atoms with Crippen LogP contribution in [0.15, 0.2) is 23.2 Å². The van der Waals surface area contributed by atoms with Crippen molar-refractivity contribution < 1.29 is 17.6 Å². The van der Waals surface area contributed by atoms with Gasteiger partial charge in [0.25, 0.3) is 0 Å². The third kappa shape index (κ3) is 6.16. The van der Waals surface area contributed by atoms with E-state index in [0.717, 1.165) is 5.56 Å². The Hall–Kier alpha value is -1.83. The van der Waals surface area contributed by atoms with Crippen molar-refractivity contribution in [3.8, 4) is 0 Å². The summed E-state index contributed by atoms with van der Waals surface area (Å²) in [5.41, 5.74) is 1.36. The lowest BCUT2D eigenvalue weighted by Crippen LogP contribution is -2.46. The number of rotatable bonds is 5. The normalized spacial score (nSPS) is 20.3. The number of hydrogen-bond acceptors (Lipinski definition) is 2. The summed E-state index contributed by atoms with van der Waals surface area (Å²) in [6.45, 7) is 5.83. The first-order valence-corrected chi connectivity index (χ1v) is 8.80. The highest BCUT2D eigenvalue weighted by atomic mass is 19.4. The molecule has 2 unspecified atom stereocenters. The van der Waals surface area contributed by atoms with E-state index in [1.165, 1.54) is 11.0 Å². The van der Waals surface area contributed by atoms with Crippen LogP contribution in [0.5, 0.6) is 0 Å². The maximum atomic E-state index is 13.8. The van der Waals surface area contributed by atoms with Crippen LogP contribution in [0.1, 0.15) is 37.4 Å². The van der Waals surface area contributed by atoms with Gasteiger partial charge in [-0.15, -0.1) is 0 Å². The fourth-order valence-corrected chi connectivity index (χ4v) is 3.00. The predicted octanol–water partition coefficient (Wildman–Crippen LogP) is 3.39. The highest BCUT2D eigenvalue weighted by Gasteiger charge is 2.34. The number of benzene rings is 1. The summed E-state index contributed by atoms with van der Waals surface area (Å²) in [5.74, 6) is 0.261. The van der Waals surface area contributed by atoms with E-state index in [1.807, 2.05) is 19.9 Å². The molecule has 2 atom stereocenters. The minimum atomic E-state index is -4.18. The molecular weight excluding hydrogens is 348 g/mol. The standard InChI is InChI=1S/C18H26F4N4/c1-4-23-17(24-13(3)14-6-5-12(2)16(19)9-14)25-15-7-8-26(10-15)11-18(20,21)22/h5-6,9,13,15H,4,7-8,10-11H2,1-3H3,(H2,23,24,25). The van der Waals surface area contributed by atoms with Crippen molar-refractivity contribution in [3.05, 3.63) is 35.1 Å². The van der Waals surface area contributed by atoms with Crippen molar-refractivity contribution in [2.75, 3.05) is 26.2 Å². The van der Waals surface area contributed by atoms with Crippen LogP contribution < -0.4 is 10.6 Å². The molecule has 1 aromatic carbocycles. The molecule has 0 amide bonds. The Morgan fingerprint density at radius 3 is 2.73 bits per heavy atom. The maximum absolute atomic E-state index is 13.8. The molecule has 0 spiro atoms. The Labute approximate surface area is 151 Å². The minimum absolute atomic E-state index is 0.0999. The summed E-state index contributed by atoms with van der Waals surface area (Å²) in [7, 11) is 0. The minimum Gasteiger partial charge on any atom is -0.352 e. The molecule has 1 aromatic rings. The molecule has 2 rings (SSSR count). The van der Waals surface area contributed by atoms with Crippen LogP contribution in [-0.4, -0.2) is 49.3 Å². The molecule has 8 heteroatoms. The molecule has 146 valence electrons. The molecule has 0 aromatic heterocycles. The van der Waals surface area contributed by atoms with Crippen molar-refractivity contribution in [1.82, 2.24) is 15.5 Å². The van der Waals surface area contributed by atoms with Crippen LogP contribution in [0, 0.1) is 12.7 Å². The third-order valence-corrected chi connectivity index (χ3v) is 4.38. The highest BCUT2D eigenvalue weighted by molar-refractivity contribution is 5.80. The molecule has 2 N–H and O–H groups in total. The summed E-state index contributed by atoms with van der Waals surface area (Å²) in [5, 5.41) is 6.40.